The second kappa shape index (κ2) is 6.81. The predicted octanol–water partition coefficient (Wildman–Crippen LogP) is 4.22. The Morgan fingerprint density at radius 2 is 1.96 bits per heavy atom. The number of halogens is 2. The average molecular weight is 348 g/mol. The Morgan fingerprint density at radius 1 is 1.13 bits per heavy atom. The molecule has 0 saturated carbocycles. The third-order valence-electron chi connectivity index (χ3n) is 3.01. The van der Waals surface area contributed by atoms with Gasteiger partial charge in [-0.2, -0.15) is 4.98 Å². The summed E-state index contributed by atoms with van der Waals surface area (Å²) in [6.45, 7) is 0. The number of aromatic nitrogens is 2. The molecule has 5 nitrogen and oxygen atoms in total. The minimum Gasteiger partial charge on any atom is -0.334 e. The number of carbonyl (C=O) groups is 1. The van der Waals surface area contributed by atoms with Crippen molar-refractivity contribution < 1.29 is 9.32 Å². The van der Waals surface area contributed by atoms with E-state index >= 15 is 0 Å². The highest BCUT2D eigenvalue weighted by Gasteiger charge is 2.13. The van der Waals surface area contributed by atoms with Crippen molar-refractivity contribution in [3.63, 3.8) is 0 Å². The topological polar surface area (TPSA) is 68.0 Å². The number of nitrogens with one attached hydrogen (secondary N) is 1. The first-order valence-corrected chi connectivity index (χ1v) is 7.50. The molecular weight excluding hydrogens is 337 g/mol. The second-order valence-electron chi connectivity index (χ2n) is 4.73. The second-order valence-corrected chi connectivity index (χ2v) is 5.57. The SMILES string of the molecule is O=C(Cc1noc(-c2cccc(Cl)c2)n1)Nc1ccccc1Cl. The first-order chi connectivity index (χ1) is 11.1. The zero-order valence-electron chi connectivity index (χ0n) is 11.8. The lowest BCUT2D eigenvalue weighted by molar-refractivity contribution is -0.115. The number of nitrogens with zero attached hydrogens (tertiary/aromatic N) is 2. The van der Waals surface area contributed by atoms with E-state index < -0.39 is 0 Å². The molecule has 0 radical (unpaired) electrons. The van der Waals surface area contributed by atoms with E-state index in [1.54, 1.807) is 48.5 Å². The lowest BCUT2D eigenvalue weighted by Crippen LogP contribution is -2.15. The van der Waals surface area contributed by atoms with Crippen LogP contribution >= 0.6 is 23.2 Å². The van der Waals surface area contributed by atoms with E-state index in [9.17, 15) is 4.79 Å². The number of para-hydroxylation sites is 1. The first-order valence-electron chi connectivity index (χ1n) is 6.75. The summed E-state index contributed by atoms with van der Waals surface area (Å²) in [7, 11) is 0. The summed E-state index contributed by atoms with van der Waals surface area (Å²) in [5.74, 6) is 0.314. The van der Waals surface area contributed by atoms with Gasteiger partial charge in [0.05, 0.1) is 17.1 Å². The molecule has 0 aliphatic rings. The molecule has 0 fully saturated rings. The maximum atomic E-state index is 12.0. The normalized spacial score (nSPS) is 10.5. The third kappa shape index (κ3) is 3.88. The van der Waals surface area contributed by atoms with Crippen LogP contribution in [0.4, 0.5) is 5.69 Å². The molecule has 1 heterocycles. The van der Waals surface area contributed by atoms with Crippen LogP contribution in [-0.4, -0.2) is 16.0 Å². The standard InChI is InChI=1S/C16H11Cl2N3O2/c17-11-5-3-4-10(8-11)16-20-14(21-23-16)9-15(22)19-13-7-2-1-6-12(13)18/h1-8H,9H2,(H,19,22). The number of hydrogen-bond acceptors (Lipinski definition) is 4. The molecule has 2 aromatic carbocycles. The number of hydrogen-bond donors (Lipinski definition) is 1. The van der Waals surface area contributed by atoms with Crippen molar-refractivity contribution >= 4 is 34.8 Å². The van der Waals surface area contributed by atoms with E-state index in [2.05, 4.69) is 15.5 Å². The lowest BCUT2D eigenvalue weighted by atomic mass is 10.2. The van der Waals surface area contributed by atoms with E-state index in [4.69, 9.17) is 27.7 Å². The highest BCUT2D eigenvalue weighted by Crippen LogP contribution is 2.22. The van der Waals surface area contributed by atoms with Crippen LogP contribution in [0.5, 0.6) is 0 Å². The van der Waals surface area contributed by atoms with Gasteiger partial charge in [-0.1, -0.05) is 46.6 Å². The highest BCUT2D eigenvalue weighted by molar-refractivity contribution is 6.33. The molecule has 7 heteroatoms. The van der Waals surface area contributed by atoms with Gasteiger partial charge in [0.1, 0.15) is 0 Å². The Hall–Kier alpha value is -2.37. The molecule has 0 unspecified atom stereocenters. The van der Waals surface area contributed by atoms with Crippen LogP contribution in [0.15, 0.2) is 53.1 Å². The van der Waals surface area contributed by atoms with E-state index in [1.165, 1.54) is 0 Å². The first kappa shape index (κ1) is 15.5. The van der Waals surface area contributed by atoms with Crippen LogP contribution in [0.25, 0.3) is 11.5 Å². The van der Waals surface area contributed by atoms with Crippen molar-refractivity contribution in [2.24, 2.45) is 0 Å². The van der Waals surface area contributed by atoms with Gasteiger partial charge in [-0.3, -0.25) is 4.79 Å². The number of rotatable bonds is 4. The molecule has 1 amide bonds. The molecule has 0 aliphatic carbocycles. The zero-order chi connectivity index (χ0) is 16.2. The average Bonchev–Trinajstić information content (AvgIpc) is 2.98. The molecule has 0 aliphatic heterocycles. The van der Waals surface area contributed by atoms with Crippen molar-refractivity contribution in [2.75, 3.05) is 5.32 Å². The van der Waals surface area contributed by atoms with Crippen LogP contribution in [0.2, 0.25) is 10.0 Å². The smallest absolute Gasteiger partial charge is 0.257 e. The number of anilines is 1. The van der Waals surface area contributed by atoms with E-state index in [0.717, 1.165) is 0 Å². The Balaban J connectivity index is 1.69. The van der Waals surface area contributed by atoms with Gasteiger partial charge in [0, 0.05) is 10.6 Å². The summed E-state index contributed by atoms with van der Waals surface area (Å²) < 4.78 is 5.15. The summed E-state index contributed by atoms with van der Waals surface area (Å²) in [6, 6.07) is 14.0. The van der Waals surface area contributed by atoms with Crippen LogP contribution < -0.4 is 5.32 Å². The molecule has 0 bridgehead atoms. The largest absolute Gasteiger partial charge is 0.334 e. The van der Waals surface area contributed by atoms with Crippen LogP contribution in [-0.2, 0) is 11.2 Å². The minimum atomic E-state index is -0.281. The Morgan fingerprint density at radius 3 is 2.74 bits per heavy atom. The number of amides is 1. The van der Waals surface area contributed by atoms with E-state index in [0.29, 0.717) is 27.2 Å². The van der Waals surface area contributed by atoms with Crippen molar-refractivity contribution in [3.05, 3.63) is 64.4 Å². The predicted molar refractivity (Wildman–Crippen MR) is 88.5 cm³/mol. The van der Waals surface area contributed by atoms with Crippen molar-refractivity contribution in [1.82, 2.24) is 10.1 Å². The Labute approximate surface area is 142 Å². The molecule has 23 heavy (non-hydrogen) atoms. The zero-order valence-corrected chi connectivity index (χ0v) is 13.3. The molecular formula is C16H11Cl2N3O2. The monoisotopic (exact) mass is 347 g/mol. The van der Waals surface area contributed by atoms with Gasteiger partial charge in [0.15, 0.2) is 5.82 Å². The summed E-state index contributed by atoms with van der Waals surface area (Å²) in [4.78, 5) is 16.2. The molecule has 0 atom stereocenters. The van der Waals surface area contributed by atoms with Gasteiger partial charge >= 0.3 is 0 Å². The van der Waals surface area contributed by atoms with Gasteiger partial charge in [-0.25, -0.2) is 0 Å². The molecule has 1 aromatic heterocycles. The third-order valence-corrected chi connectivity index (χ3v) is 3.57. The lowest BCUT2D eigenvalue weighted by Gasteiger charge is -2.04. The van der Waals surface area contributed by atoms with E-state index in [1.807, 2.05) is 0 Å². The molecule has 0 spiro atoms. The number of benzene rings is 2. The van der Waals surface area contributed by atoms with Gasteiger partial charge in [0.25, 0.3) is 5.89 Å². The fourth-order valence-electron chi connectivity index (χ4n) is 1.97. The summed E-state index contributed by atoms with van der Waals surface area (Å²) >= 11 is 11.9. The van der Waals surface area contributed by atoms with Gasteiger partial charge in [-0.15, -0.1) is 0 Å². The minimum absolute atomic E-state index is 0.0186. The molecule has 1 N–H and O–H groups in total. The van der Waals surface area contributed by atoms with Crippen LogP contribution in [0, 0.1) is 0 Å². The quantitative estimate of drug-likeness (QED) is 0.766. The fraction of sp³-hybridized carbons (Fsp3) is 0.0625. The fourth-order valence-corrected chi connectivity index (χ4v) is 2.34. The van der Waals surface area contributed by atoms with Crippen molar-refractivity contribution in [2.45, 2.75) is 6.42 Å². The Kier molecular flexibility index (Phi) is 4.60. The van der Waals surface area contributed by atoms with Crippen LogP contribution in [0.3, 0.4) is 0 Å². The van der Waals surface area contributed by atoms with E-state index in [-0.39, 0.29) is 18.2 Å². The van der Waals surface area contributed by atoms with Gasteiger partial charge in [0.2, 0.25) is 5.91 Å². The maximum absolute atomic E-state index is 12.0. The number of carbonyl (C=O) groups excluding carboxylic acids is 1. The van der Waals surface area contributed by atoms with Gasteiger partial charge in [-0.05, 0) is 30.3 Å². The highest BCUT2D eigenvalue weighted by atomic mass is 35.5. The molecule has 3 rings (SSSR count). The van der Waals surface area contributed by atoms with Crippen molar-refractivity contribution in [3.8, 4) is 11.5 Å². The van der Waals surface area contributed by atoms with Gasteiger partial charge < -0.3 is 9.84 Å². The summed E-state index contributed by atoms with van der Waals surface area (Å²) in [5, 5.41) is 7.54. The molecule has 0 saturated heterocycles. The molecule has 116 valence electrons. The maximum Gasteiger partial charge on any atom is 0.257 e. The van der Waals surface area contributed by atoms with Crippen molar-refractivity contribution in [1.29, 1.82) is 0 Å². The Bertz CT molecular complexity index is 849. The van der Waals surface area contributed by atoms with Crippen LogP contribution in [0.1, 0.15) is 5.82 Å². The molecule has 3 aromatic rings. The summed E-state index contributed by atoms with van der Waals surface area (Å²) in [6.07, 6.45) is -0.0186. The summed E-state index contributed by atoms with van der Waals surface area (Å²) in [5.41, 5.74) is 1.24.